The van der Waals surface area contributed by atoms with Crippen molar-refractivity contribution in [2.45, 2.75) is 0 Å². The van der Waals surface area contributed by atoms with Gasteiger partial charge < -0.3 is 20.5 Å². The second-order valence-electron chi connectivity index (χ2n) is 4.18. The van der Waals surface area contributed by atoms with Crippen LogP contribution in [0, 0.1) is 5.41 Å². The van der Waals surface area contributed by atoms with Crippen molar-refractivity contribution in [3.05, 3.63) is 35.7 Å². The highest BCUT2D eigenvalue weighted by Gasteiger charge is 2.17. The Hall–Kier alpha value is -2.83. The maximum atomic E-state index is 8.36. The molecule has 2 rings (SSSR count). The predicted molar refractivity (Wildman–Crippen MR) is 81.5 cm³/mol. The quantitative estimate of drug-likeness (QED) is 0.720. The smallest absolute Gasteiger partial charge is 0.161 e. The van der Waals surface area contributed by atoms with Crippen LogP contribution in [-0.2, 0) is 0 Å². The number of benzene rings is 1. The van der Waals surface area contributed by atoms with E-state index in [0.29, 0.717) is 28.4 Å². The number of rotatable bonds is 5. The molecule has 0 unspecified atom stereocenters. The first kappa shape index (κ1) is 14.6. The molecule has 2 aromatic rings. The third-order valence-corrected chi connectivity index (χ3v) is 3.04. The number of nitrogens with one attached hydrogen (secondary N) is 2. The van der Waals surface area contributed by atoms with Crippen LogP contribution in [0.1, 0.15) is 11.1 Å². The average molecular weight is 287 g/mol. The molecule has 0 saturated heterocycles. The first-order chi connectivity index (χ1) is 10.1. The fraction of sp³-hybridized carbons (Fsp3) is 0.214. The van der Waals surface area contributed by atoms with E-state index in [1.54, 1.807) is 39.5 Å². The summed E-state index contributed by atoms with van der Waals surface area (Å²) in [4.78, 5) is 8.02. The van der Waals surface area contributed by atoms with E-state index in [0.717, 1.165) is 0 Å². The lowest BCUT2D eigenvalue weighted by atomic mass is 10.0. The van der Waals surface area contributed by atoms with Gasteiger partial charge in [0.05, 0.1) is 25.5 Å². The lowest BCUT2D eigenvalue weighted by molar-refractivity contribution is 0.355. The van der Waals surface area contributed by atoms with Crippen molar-refractivity contribution in [3.63, 3.8) is 0 Å². The van der Waals surface area contributed by atoms with E-state index >= 15 is 0 Å². The number of methoxy groups -OCH3 is 2. The van der Waals surface area contributed by atoms with Crippen molar-refractivity contribution in [1.29, 1.82) is 5.41 Å². The Morgan fingerprint density at radius 2 is 1.90 bits per heavy atom. The molecular weight excluding hydrogens is 270 g/mol. The summed E-state index contributed by atoms with van der Waals surface area (Å²) in [6, 6.07) is 5.21. The second-order valence-corrected chi connectivity index (χ2v) is 4.18. The zero-order valence-electron chi connectivity index (χ0n) is 12.1. The number of nitrogens with zero attached hydrogens (tertiary/aromatic N) is 2. The van der Waals surface area contributed by atoms with Crippen molar-refractivity contribution in [2.75, 3.05) is 32.3 Å². The van der Waals surface area contributed by atoms with Crippen LogP contribution in [-0.4, -0.2) is 36.9 Å². The van der Waals surface area contributed by atoms with Gasteiger partial charge in [-0.05, 0) is 18.2 Å². The van der Waals surface area contributed by atoms with Crippen LogP contribution in [0.2, 0.25) is 0 Å². The molecule has 21 heavy (non-hydrogen) atoms. The van der Waals surface area contributed by atoms with Crippen LogP contribution in [0.25, 0.3) is 0 Å². The van der Waals surface area contributed by atoms with Gasteiger partial charge >= 0.3 is 0 Å². The number of nitrogens with two attached hydrogens (primary N) is 1. The summed E-state index contributed by atoms with van der Waals surface area (Å²) < 4.78 is 10.4. The van der Waals surface area contributed by atoms with E-state index in [-0.39, 0.29) is 11.5 Å². The molecule has 0 radical (unpaired) electrons. The molecule has 0 aliphatic rings. The molecule has 110 valence electrons. The zero-order valence-corrected chi connectivity index (χ0v) is 12.1. The van der Waals surface area contributed by atoms with Crippen molar-refractivity contribution in [1.82, 2.24) is 9.97 Å². The number of anilines is 2. The molecule has 0 bridgehead atoms. The third kappa shape index (κ3) is 2.71. The Labute approximate surface area is 122 Å². The van der Waals surface area contributed by atoms with E-state index in [1.165, 1.54) is 6.33 Å². The van der Waals surface area contributed by atoms with Gasteiger partial charge in [0.25, 0.3) is 0 Å². The highest BCUT2D eigenvalue weighted by molar-refractivity contribution is 6.16. The largest absolute Gasteiger partial charge is 0.493 e. The van der Waals surface area contributed by atoms with Crippen molar-refractivity contribution in [3.8, 4) is 11.5 Å². The summed E-state index contributed by atoms with van der Waals surface area (Å²) in [5.74, 6) is 1.89. The summed E-state index contributed by atoms with van der Waals surface area (Å²) in [6.45, 7) is 0. The summed E-state index contributed by atoms with van der Waals surface area (Å²) >= 11 is 0. The Kier molecular flexibility index (Phi) is 4.22. The van der Waals surface area contributed by atoms with E-state index < -0.39 is 0 Å². The molecule has 0 aliphatic carbocycles. The van der Waals surface area contributed by atoms with Crippen molar-refractivity contribution >= 4 is 17.3 Å². The molecule has 0 spiro atoms. The normalized spacial score (nSPS) is 10.0. The van der Waals surface area contributed by atoms with Crippen LogP contribution in [0.4, 0.5) is 11.6 Å². The monoisotopic (exact) mass is 287 g/mol. The fourth-order valence-electron chi connectivity index (χ4n) is 1.97. The summed E-state index contributed by atoms with van der Waals surface area (Å²) in [6.07, 6.45) is 1.35. The number of nitrogen functional groups attached to an aromatic ring is 1. The molecule has 0 saturated carbocycles. The number of hydrogen-bond acceptors (Lipinski definition) is 7. The molecule has 0 atom stereocenters. The topological polar surface area (TPSA) is 106 Å². The van der Waals surface area contributed by atoms with E-state index in [1.807, 2.05) is 0 Å². The molecule has 1 heterocycles. The Balaban J connectivity index is 2.50. The lowest BCUT2D eigenvalue weighted by Crippen LogP contribution is -2.12. The highest BCUT2D eigenvalue weighted by atomic mass is 16.5. The van der Waals surface area contributed by atoms with Crippen molar-refractivity contribution < 1.29 is 9.47 Å². The molecule has 7 nitrogen and oxygen atoms in total. The van der Waals surface area contributed by atoms with E-state index in [4.69, 9.17) is 20.6 Å². The molecular formula is C14H17N5O2. The van der Waals surface area contributed by atoms with Crippen LogP contribution in [0.5, 0.6) is 11.5 Å². The summed E-state index contributed by atoms with van der Waals surface area (Å²) in [5.41, 5.74) is 7.16. The van der Waals surface area contributed by atoms with Gasteiger partial charge in [0.1, 0.15) is 18.0 Å². The van der Waals surface area contributed by atoms with E-state index in [9.17, 15) is 0 Å². The second kappa shape index (κ2) is 6.08. The standard InChI is InChI=1S/C14H17N5O2/c1-17-14-11(13(16)18-7-19-14)12(15)8-4-5-9(20-2)10(6-8)21-3/h4-7,15H,1-3H3,(H3,16,17,18,19). The Bertz CT molecular complexity index is 672. The summed E-state index contributed by atoms with van der Waals surface area (Å²) in [5, 5.41) is 11.3. The van der Waals surface area contributed by atoms with Crippen LogP contribution >= 0.6 is 0 Å². The van der Waals surface area contributed by atoms with Gasteiger partial charge in [-0.2, -0.15) is 0 Å². The summed E-state index contributed by atoms with van der Waals surface area (Å²) in [7, 11) is 4.82. The average Bonchev–Trinajstić information content (AvgIpc) is 2.53. The maximum absolute atomic E-state index is 8.36. The van der Waals surface area contributed by atoms with Gasteiger partial charge in [-0.3, -0.25) is 5.41 Å². The minimum absolute atomic E-state index is 0.207. The molecule has 0 amide bonds. The first-order valence-electron chi connectivity index (χ1n) is 6.22. The molecule has 0 aliphatic heterocycles. The number of ether oxygens (including phenoxy) is 2. The van der Waals surface area contributed by atoms with Crippen LogP contribution in [0.15, 0.2) is 24.5 Å². The Morgan fingerprint density at radius 3 is 2.52 bits per heavy atom. The van der Waals surface area contributed by atoms with Gasteiger partial charge in [-0.25, -0.2) is 9.97 Å². The molecule has 1 aromatic heterocycles. The zero-order chi connectivity index (χ0) is 15.4. The SMILES string of the molecule is CNc1ncnc(N)c1C(=N)c1ccc(OC)c(OC)c1. The molecule has 4 N–H and O–H groups in total. The highest BCUT2D eigenvalue weighted by Crippen LogP contribution is 2.30. The Morgan fingerprint density at radius 1 is 1.19 bits per heavy atom. The van der Waals surface area contributed by atoms with Crippen molar-refractivity contribution in [2.24, 2.45) is 0 Å². The van der Waals surface area contributed by atoms with E-state index in [2.05, 4.69) is 15.3 Å². The molecule has 7 heteroatoms. The predicted octanol–water partition coefficient (Wildman–Crippen LogP) is 1.53. The van der Waals surface area contributed by atoms with Gasteiger partial charge in [0.2, 0.25) is 0 Å². The third-order valence-electron chi connectivity index (χ3n) is 3.04. The van der Waals surface area contributed by atoms with Gasteiger partial charge in [0.15, 0.2) is 11.5 Å². The first-order valence-corrected chi connectivity index (χ1v) is 6.22. The number of hydrogen-bond donors (Lipinski definition) is 3. The lowest BCUT2D eigenvalue weighted by Gasteiger charge is -2.13. The minimum atomic E-state index is 0.207. The minimum Gasteiger partial charge on any atom is -0.493 e. The van der Waals surface area contributed by atoms with Gasteiger partial charge in [-0.1, -0.05) is 0 Å². The fourth-order valence-corrected chi connectivity index (χ4v) is 1.97. The van der Waals surface area contributed by atoms with Gasteiger partial charge in [-0.15, -0.1) is 0 Å². The van der Waals surface area contributed by atoms with Crippen LogP contribution in [0.3, 0.4) is 0 Å². The van der Waals surface area contributed by atoms with Gasteiger partial charge in [0, 0.05) is 12.6 Å². The number of aromatic nitrogens is 2. The van der Waals surface area contributed by atoms with Crippen LogP contribution < -0.4 is 20.5 Å². The maximum Gasteiger partial charge on any atom is 0.161 e. The molecule has 0 fully saturated rings. The molecule has 1 aromatic carbocycles.